The predicted octanol–water partition coefficient (Wildman–Crippen LogP) is 2.67. The quantitative estimate of drug-likeness (QED) is 0.930. The van der Waals surface area contributed by atoms with Gasteiger partial charge in [-0.15, -0.1) is 0 Å². The second kappa shape index (κ2) is 5.59. The van der Waals surface area contributed by atoms with Crippen LogP contribution in [0.4, 0.5) is 0 Å². The van der Waals surface area contributed by atoms with Crippen molar-refractivity contribution >= 4 is 32.7 Å². The first-order valence-corrected chi connectivity index (χ1v) is 6.83. The van der Waals surface area contributed by atoms with Crippen LogP contribution < -0.4 is 0 Å². The van der Waals surface area contributed by atoms with E-state index >= 15 is 0 Å². The topological polar surface area (TPSA) is 54.4 Å². The van der Waals surface area contributed by atoms with Crippen molar-refractivity contribution in [3.05, 3.63) is 28.7 Å². The highest BCUT2D eigenvalue weighted by atomic mass is 79.9. The molecule has 2 unspecified atom stereocenters. The molecular weight excluding hydrogens is 292 g/mol. The lowest BCUT2D eigenvalue weighted by Crippen LogP contribution is -2.31. The Morgan fingerprint density at radius 2 is 1.94 bits per heavy atom. The van der Waals surface area contributed by atoms with E-state index in [4.69, 9.17) is 5.11 Å². The van der Waals surface area contributed by atoms with Gasteiger partial charge in [0.05, 0.1) is 15.7 Å². The molecule has 0 bridgehead atoms. The van der Waals surface area contributed by atoms with E-state index in [0.717, 1.165) is 0 Å². The molecule has 0 radical (unpaired) electrons. The number of carboxylic acid groups (broad SMARTS) is 1. The molecule has 0 spiro atoms. The highest BCUT2D eigenvalue weighted by Gasteiger charge is 2.30. The van der Waals surface area contributed by atoms with Gasteiger partial charge >= 0.3 is 5.97 Å². The third-order valence-electron chi connectivity index (χ3n) is 2.13. The van der Waals surface area contributed by atoms with Crippen LogP contribution in [0.2, 0.25) is 0 Å². The molecule has 1 N–H and O–H groups in total. The Balaban J connectivity index is 3.10. The zero-order valence-corrected chi connectivity index (χ0v) is 11.4. The van der Waals surface area contributed by atoms with Crippen molar-refractivity contribution in [1.29, 1.82) is 0 Å². The number of hydrogen-bond donors (Lipinski definition) is 1. The van der Waals surface area contributed by atoms with Gasteiger partial charge in [0.15, 0.2) is 0 Å². The average Bonchev–Trinajstić information content (AvgIpc) is 2.16. The molecular formula is C11H13BrO3S. The molecule has 0 saturated heterocycles. The molecule has 16 heavy (non-hydrogen) atoms. The number of halogens is 1. The van der Waals surface area contributed by atoms with Crippen molar-refractivity contribution < 1.29 is 14.1 Å². The lowest BCUT2D eigenvalue weighted by Gasteiger charge is -2.16. The molecule has 1 rings (SSSR count). The van der Waals surface area contributed by atoms with Gasteiger partial charge in [-0.25, -0.2) is 0 Å². The Morgan fingerprint density at radius 3 is 2.38 bits per heavy atom. The summed E-state index contributed by atoms with van der Waals surface area (Å²) >= 11 is 3.28. The van der Waals surface area contributed by atoms with Gasteiger partial charge in [0.1, 0.15) is 5.25 Å². The number of benzene rings is 1. The summed E-state index contributed by atoms with van der Waals surface area (Å²) in [5, 5.41) is 8.18. The summed E-state index contributed by atoms with van der Waals surface area (Å²) in [6.07, 6.45) is 0. The standard InChI is InChI=1S/C11H13BrO3S/c1-7(2)10(11(13)14)16(15)9-6-4-3-5-8(9)12/h3-7,10H,1-2H3,(H,13,14). The van der Waals surface area contributed by atoms with Crippen LogP contribution in [0.5, 0.6) is 0 Å². The highest BCUT2D eigenvalue weighted by Crippen LogP contribution is 2.24. The number of rotatable bonds is 4. The first-order valence-electron chi connectivity index (χ1n) is 4.83. The summed E-state index contributed by atoms with van der Waals surface area (Å²) in [6.45, 7) is 3.51. The molecule has 0 aliphatic carbocycles. The molecule has 0 aliphatic rings. The molecule has 0 saturated carbocycles. The molecule has 3 nitrogen and oxygen atoms in total. The summed E-state index contributed by atoms with van der Waals surface area (Å²) in [5.74, 6) is -1.20. The van der Waals surface area contributed by atoms with Crippen molar-refractivity contribution in [2.24, 2.45) is 5.92 Å². The van der Waals surface area contributed by atoms with Gasteiger partial charge < -0.3 is 5.11 Å². The minimum absolute atomic E-state index is 0.176. The van der Waals surface area contributed by atoms with Crippen molar-refractivity contribution in [1.82, 2.24) is 0 Å². The predicted molar refractivity (Wildman–Crippen MR) is 66.8 cm³/mol. The monoisotopic (exact) mass is 304 g/mol. The molecule has 0 fully saturated rings. The molecule has 0 amide bonds. The third-order valence-corrected chi connectivity index (χ3v) is 5.08. The lowest BCUT2D eigenvalue weighted by molar-refractivity contribution is -0.137. The van der Waals surface area contributed by atoms with Crippen LogP contribution in [-0.2, 0) is 15.6 Å². The second-order valence-corrected chi connectivity index (χ2v) is 6.13. The van der Waals surface area contributed by atoms with Gasteiger partial charge in [0, 0.05) is 4.47 Å². The van der Waals surface area contributed by atoms with E-state index in [-0.39, 0.29) is 5.92 Å². The fourth-order valence-electron chi connectivity index (χ4n) is 1.37. The summed E-state index contributed by atoms with van der Waals surface area (Å²) in [6, 6.07) is 6.98. The second-order valence-electron chi connectivity index (χ2n) is 3.73. The zero-order chi connectivity index (χ0) is 12.3. The van der Waals surface area contributed by atoms with Crippen LogP contribution >= 0.6 is 15.9 Å². The van der Waals surface area contributed by atoms with E-state index in [0.29, 0.717) is 9.37 Å². The van der Waals surface area contributed by atoms with Crippen molar-refractivity contribution in [2.45, 2.75) is 24.0 Å². The molecule has 0 aliphatic heterocycles. The number of hydrogen-bond acceptors (Lipinski definition) is 2. The fraction of sp³-hybridized carbons (Fsp3) is 0.364. The Kier molecular flexibility index (Phi) is 4.68. The maximum atomic E-state index is 12.1. The summed E-state index contributed by atoms with van der Waals surface area (Å²) < 4.78 is 12.8. The van der Waals surface area contributed by atoms with Gasteiger partial charge in [-0.2, -0.15) is 0 Å². The van der Waals surface area contributed by atoms with Crippen LogP contribution in [0, 0.1) is 5.92 Å². The van der Waals surface area contributed by atoms with Crippen LogP contribution in [0.1, 0.15) is 13.8 Å². The van der Waals surface area contributed by atoms with E-state index < -0.39 is 22.0 Å². The lowest BCUT2D eigenvalue weighted by atomic mass is 10.1. The normalized spacial score (nSPS) is 14.8. The Bertz CT molecular complexity index is 417. The molecule has 88 valence electrons. The molecule has 5 heteroatoms. The van der Waals surface area contributed by atoms with Gasteiger partial charge in [0.2, 0.25) is 0 Å². The maximum Gasteiger partial charge on any atom is 0.319 e. The molecule has 0 heterocycles. The van der Waals surface area contributed by atoms with Gasteiger partial charge in [0.25, 0.3) is 0 Å². The molecule has 2 atom stereocenters. The van der Waals surface area contributed by atoms with Crippen LogP contribution in [-0.4, -0.2) is 20.5 Å². The van der Waals surface area contributed by atoms with Crippen LogP contribution in [0.25, 0.3) is 0 Å². The Labute approximate surface area is 105 Å². The minimum Gasteiger partial charge on any atom is -0.480 e. The van der Waals surface area contributed by atoms with Gasteiger partial charge in [-0.1, -0.05) is 26.0 Å². The van der Waals surface area contributed by atoms with Crippen molar-refractivity contribution in [3.8, 4) is 0 Å². The van der Waals surface area contributed by atoms with Crippen LogP contribution in [0.15, 0.2) is 33.6 Å². The maximum absolute atomic E-state index is 12.1. The summed E-state index contributed by atoms with van der Waals surface area (Å²) in [7, 11) is -1.54. The third kappa shape index (κ3) is 2.92. The largest absolute Gasteiger partial charge is 0.480 e. The number of carbonyl (C=O) groups is 1. The SMILES string of the molecule is CC(C)C(C(=O)O)S(=O)c1ccccc1Br. The van der Waals surface area contributed by atoms with E-state index in [1.165, 1.54) is 0 Å². The summed E-state index contributed by atoms with van der Waals surface area (Å²) in [4.78, 5) is 11.6. The first kappa shape index (κ1) is 13.4. The fourth-order valence-corrected chi connectivity index (χ4v) is 3.56. The van der Waals surface area contributed by atoms with Crippen molar-refractivity contribution in [2.75, 3.05) is 0 Å². The zero-order valence-electron chi connectivity index (χ0n) is 9.01. The minimum atomic E-state index is -1.54. The Morgan fingerprint density at radius 1 is 1.38 bits per heavy atom. The average molecular weight is 305 g/mol. The smallest absolute Gasteiger partial charge is 0.319 e. The molecule has 1 aromatic rings. The van der Waals surface area contributed by atoms with E-state index in [2.05, 4.69) is 15.9 Å². The number of carboxylic acids is 1. The van der Waals surface area contributed by atoms with E-state index in [1.54, 1.807) is 38.1 Å². The van der Waals surface area contributed by atoms with Gasteiger partial charge in [-0.3, -0.25) is 9.00 Å². The summed E-state index contributed by atoms with van der Waals surface area (Å²) in [5.41, 5.74) is 0. The Hall–Kier alpha value is -0.680. The van der Waals surface area contributed by atoms with Crippen molar-refractivity contribution in [3.63, 3.8) is 0 Å². The highest BCUT2D eigenvalue weighted by molar-refractivity contribution is 9.10. The molecule has 1 aromatic carbocycles. The first-order chi connectivity index (χ1) is 7.45. The van der Waals surface area contributed by atoms with E-state index in [9.17, 15) is 9.00 Å². The number of aliphatic carboxylic acids is 1. The van der Waals surface area contributed by atoms with E-state index in [1.807, 2.05) is 0 Å². The van der Waals surface area contributed by atoms with Crippen LogP contribution in [0.3, 0.4) is 0 Å². The molecule has 0 aromatic heterocycles. The van der Waals surface area contributed by atoms with Gasteiger partial charge in [-0.05, 0) is 34.0 Å².